The van der Waals surface area contributed by atoms with Gasteiger partial charge in [-0.3, -0.25) is 9.59 Å². The molecule has 2 heterocycles. The van der Waals surface area contributed by atoms with Gasteiger partial charge in [0.05, 0.1) is 19.6 Å². The van der Waals surface area contributed by atoms with Crippen LogP contribution in [0.5, 0.6) is 5.75 Å². The van der Waals surface area contributed by atoms with Gasteiger partial charge in [0.1, 0.15) is 17.2 Å². The van der Waals surface area contributed by atoms with E-state index in [1.54, 1.807) is 19.1 Å². The van der Waals surface area contributed by atoms with Gasteiger partial charge in [0.15, 0.2) is 0 Å². The SMILES string of the molecule is CCOC(=O)C1N2C(=O)C(NC(=O)Cc3ccc(O)c(COC)c3)(OC)C2SC1(C)C. The third kappa shape index (κ3) is 3.99. The standard InChI is InChI=1S/C21H28N2O7S/c1-6-30-17(26)16-20(2,3)31-19-21(29-5,18(27)23(16)19)22-15(25)10-12-7-8-14(24)13(9-12)11-28-4/h7-9,16,19,24H,6,10-11H2,1-5H3,(H,22,25). The molecule has 31 heavy (non-hydrogen) atoms. The van der Waals surface area contributed by atoms with Crippen molar-refractivity contribution in [3.63, 3.8) is 0 Å². The number of carbonyl (C=O) groups is 3. The molecule has 3 atom stereocenters. The highest BCUT2D eigenvalue weighted by Gasteiger charge is 2.73. The molecule has 10 heteroatoms. The van der Waals surface area contributed by atoms with Crippen LogP contribution in [-0.4, -0.2) is 70.5 Å². The zero-order valence-corrected chi connectivity index (χ0v) is 19.1. The van der Waals surface area contributed by atoms with Crippen LogP contribution in [-0.2, 0) is 41.6 Å². The summed E-state index contributed by atoms with van der Waals surface area (Å²) in [4.78, 5) is 39.8. The van der Waals surface area contributed by atoms with E-state index < -0.39 is 39.7 Å². The molecule has 2 fully saturated rings. The summed E-state index contributed by atoms with van der Waals surface area (Å²) in [5.74, 6) is -1.28. The Morgan fingerprint density at radius 1 is 1.29 bits per heavy atom. The first-order chi connectivity index (χ1) is 14.6. The number of phenolic OH excluding ortho intramolecular Hbond substituents is 1. The molecule has 3 rings (SSSR count). The van der Waals surface area contributed by atoms with E-state index in [0.717, 1.165) is 0 Å². The average Bonchev–Trinajstić information content (AvgIpc) is 2.98. The smallest absolute Gasteiger partial charge is 0.330 e. The molecular weight excluding hydrogens is 424 g/mol. The fourth-order valence-electron chi connectivity index (χ4n) is 4.04. The number of ether oxygens (including phenoxy) is 3. The molecule has 0 spiro atoms. The van der Waals surface area contributed by atoms with Gasteiger partial charge in [-0.15, -0.1) is 11.8 Å². The fraction of sp³-hybridized carbons (Fsp3) is 0.571. The van der Waals surface area contributed by atoms with Crippen molar-refractivity contribution in [2.75, 3.05) is 20.8 Å². The Hall–Kier alpha value is -2.30. The second-order valence-electron chi connectivity index (χ2n) is 8.00. The minimum atomic E-state index is -1.55. The number of methoxy groups -OCH3 is 2. The van der Waals surface area contributed by atoms with Crippen molar-refractivity contribution in [3.05, 3.63) is 29.3 Å². The summed E-state index contributed by atoms with van der Waals surface area (Å²) < 4.78 is 15.1. The molecule has 0 radical (unpaired) electrons. The van der Waals surface area contributed by atoms with Gasteiger partial charge in [-0.2, -0.15) is 0 Å². The highest BCUT2D eigenvalue weighted by Crippen LogP contribution is 2.55. The maximum Gasteiger partial charge on any atom is 0.330 e. The maximum absolute atomic E-state index is 13.1. The molecule has 2 saturated heterocycles. The highest BCUT2D eigenvalue weighted by molar-refractivity contribution is 8.01. The highest BCUT2D eigenvalue weighted by atomic mass is 32.2. The number of thioether (sulfide) groups is 1. The molecular formula is C21H28N2O7S. The van der Waals surface area contributed by atoms with E-state index in [0.29, 0.717) is 11.1 Å². The summed E-state index contributed by atoms with van der Waals surface area (Å²) in [6.07, 6.45) is -0.0164. The van der Waals surface area contributed by atoms with Crippen molar-refractivity contribution in [2.45, 2.75) is 55.7 Å². The Kier molecular flexibility index (Phi) is 6.54. The number of amides is 2. The fourth-order valence-corrected chi connectivity index (χ4v) is 5.71. The van der Waals surface area contributed by atoms with E-state index in [9.17, 15) is 19.5 Å². The maximum atomic E-state index is 13.1. The van der Waals surface area contributed by atoms with Gasteiger partial charge < -0.3 is 29.5 Å². The van der Waals surface area contributed by atoms with Crippen LogP contribution in [0.4, 0.5) is 0 Å². The van der Waals surface area contributed by atoms with Gasteiger partial charge in [-0.25, -0.2) is 4.79 Å². The minimum absolute atomic E-state index is 0.0164. The lowest BCUT2D eigenvalue weighted by molar-refractivity contribution is -0.201. The van der Waals surface area contributed by atoms with E-state index in [1.165, 1.54) is 36.9 Å². The summed E-state index contributed by atoms with van der Waals surface area (Å²) in [5, 5.41) is 12.0. The zero-order chi connectivity index (χ0) is 23.0. The summed E-state index contributed by atoms with van der Waals surface area (Å²) in [7, 11) is 2.87. The minimum Gasteiger partial charge on any atom is -0.508 e. The van der Waals surface area contributed by atoms with E-state index in [1.807, 2.05) is 13.8 Å². The second kappa shape index (κ2) is 8.68. The van der Waals surface area contributed by atoms with Crippen molar-refractivity contribution >= 4 is 29.5 Å². The molecule has 1 aromatic rings. The molecule has 3 unspecified atom stereocenters. The van der Waals surface area contributed by atoms with Crippen molar-refractivity contribution in [3.8, 4) is 5.75 Å². The molecule has 2 N–H and O–H groups in total. The number of benzene rings is 1. The van der Waals surface area contributed by atoms with Crippen LogP contribution in [0.15, 0.2) is 18.2 Å². The first-order valence-corrected chi connectivity index (χ1v) is 10.8. The summed E-state index contributed by atoms with van der Waals surface area (Å²) in [6, 6.07) is 4.05. The predicted octanol–water partition coefficient (Wildman–Crippen LogP) is 1.17. The number of hydrogen-bond acceptors (Lipinski definition) is 8. The largest absolute Gasteiger partial charge is 0.508 e. The Balaban J connectivity index is 1.77. The lowest BCUT2D eigenvalue weighted by atomic mass is 9.93. The van der Waals surface area contributed by atoms with Gasteiger partial charge in [0.25, 0.3) is 11.6 Å². The zero-order valence-electron chi connectivity index (χ0n) is 18.3. The Labute approximate surface area is 185 Å². The number of fused-ring (bicyclic) bond motifs is 1. The number of β-lactam (4-membered cyclic amide) rings is 1. The number of hydrogen-bond donors (Lipinski definition) is 2. The number of esters is 1. The molecule has 1 aromatic carbocycles. The van der Waals surface area contributed by atoms with Crippen molar-refractivity contribution in [1.29, 1.82) is 0 Å². The van der Waals surface area contributed by atoms with E-state index in [4.69, 9.17) is 14.2 Å². The van der Waals surface area contributed by atoms with Crippen LogP contribution in [0.2, 0.25) is 0 Å². The molecule has 9 nitrogen and oxygen atoms in total. The molecule has 0 saturated carbocycles. The third-order valence-corrected chi connectivity index (χ3v) is 7.08. The van der Waals surface area contributed by atoms with Crippen LogP contribution < -0.4 is 5.32 Å². The molecule has 0 bridgehead atoms. The number of nitrogens with one attached hydrogen (secondary N) is 1. The van der Waals surface area contributed by atoms with Crippen LogP contribution in [0.25, 0.3) is 0 Å². The molecule has 0 aliphatic carbocycles. The number of nitrogens with zero attached hydrogens (tertiary/aromatic N) is 1. The lowest BCUT2D eigenvalue weighted by Gasteiger charge is -2.51. The number of aromatic hydroxyl groups is 1. The van der Waals surface area contributed by atoms with Crippen LogP contribution in [0.3, 0.4) is 0 Å². The van der Waals surface area contributed by atoms with Gasteiger partial charge in [0, 0.05) is 24.5 Å². The molecule has 2 amide bonds. The van der Waals surface area contributed by atoms with Crippen molar-refractivity contribution in [1.82, 2.24) is 10.2 Å². The molecule has 2 aliphatic heterocycles. The van der Waals surface area contributed by atoms with Crippen LogP contribution in [0, 0.1) is 0 Å². The summed E-state index contributed by atoms with van der Waals surface area (Å²) in [6.45, 7) is 5.86. The topological polar surface area (TPSA) is 114 Å². The van der Waals surface area contributed by atoms with E-state index in [-0.39, 0.29) is 25.4 Å². The predicted molar refractivity (Wildman–Crippen MR) is 113 cm³/mol. The third-order valence-electron chi connectivity index (χ3n) is 5.47. The first-order valence-electron chi connectivity index (χ1n) is 9.94. The molecule has 170 valence electrons. The van der Waals surface area contributed by atoms with E-state index >= 15 is 0 Å². The molecule has 0 aromatic heterocycles. The van der Waals surface area contributed by atoms with Crippen LogP contribution >= 0.6 is 11.8 Å². The monoisotopic (exact) mass is 452 g/mol. The van der Waals surface area contributed by atoms with Gasteiger partial charge in [0.2, 0.25) is 5.91 Å². The molecule has 2 aliphatic rings. The average molecular weight is 453 g/mol. The van der Waals surface area contributed by atoms with E-state index in [2.05, 4.69) is 5.32 Å². The Morgan fingerprint density at radius 3 is 2.61 bits per heavy atom. The lowest BCUT2D eigenvalue weighted by Crippen LogP contribution is -2.80. The summed E-state index contributed by atoms with van der Waals surface area (Å²) >= 11 is 1.39. The quantitative estimate of drug-likeness (QED) is 0.343. The van der Waals surface area contributed by atoms with Crippen LogP contribution in [0.1, 0.15) is 31.9 Å². The Bertz CT molecular complexity index is 890. The second-order valence-corrected chi connectivity index (χ2v) is 9.74. The normalized spacial score (nSPS) is 26.2. The Morgan fingerprint density at radius 2 is 2.00 bits per heavy atom. The number of carbonyl (C=O) groups excluding carboxylic acids is 3. The summed E-state index contributed by atoms with van der Waals surface area (Å²) in [5.41, 5.74) is -0.335. The van der Waals surface area contributed by atoms with Gasteiger partial charge >= 0.3 is 5.97 Å². The van der Waals surface area contributed by atoms with Crippen molar-refractivity contribution < 1.29 is 33.7 Å². The number of phenols is 1. The number of rotatable bonds is 8. The first kappa shape index (κ1) is 23.4. The van der Waals surface area contributed by atoms with Crippen molar-refractivity contribution in [2.24, 2.45) is 0 Å². The van der Waals surface area contributed by atoms with Gasteiger partial charge in [-0.1, -0.05) is 6.07 Å². The van der Waals surface area contributed by atoms with Gasteiger partial charge in [-0.05, 0) is 38.5 Å².